The highest BCUT2D eigenvalue weighted by Crippen LogP contribution is 2.16. The lowest BCUT2D eigenvalue weighted by Gasteiger charge is -2.32. The first-order valence-corrected chi connectivity index (χ1v) is 6.96. The second-order valence-electron chi connectivity index (χ2n) is 4.86. The van der Waals surface area contributed by atoms with Gasteiger partial charge in [-0.05, 0) is 43.6 Å². The molecular formula is C14H20ClFN2. The first-order chi connectivity index (χ1) is 8.69. The Bertz CT molecular complexity index is 397. The zero-order valence-corrected chi connectivity index (χ0v) is 11.5. The van der Waals surface area contributed by atoms with Gasteiger partial charge in [0.15, 0.2) is 0 Å². The monoisotopic (exact) mass is 270 g/mol. The van der Waals surface area contributed by atoms with Gasteiger partial charge in [-0.25, -0.2) is 4.39 Å². The second kappa shape index (κ2) is 6.50. The summed E-state index contributed by atoms with van der Waals surface area (Å²) in [5.41, 5.74) is 0.950. The molecule has 1 unspecified atom stereocenters. The van der Waals surface area contributed by atoms with E-state index in [2.05, 4.69) is 17.1 Å². The minimum atomic E-state index is -0.338. The van der Waals surface area contributed by atoms with Crippen molar-refractivity contribution in [3.8, 4) is 0 Å². The molecule has 0 radical (unpaired) electrons. The fraction of sp³-hybridized carbons (Fsp3) is 0.571. The van der Waals surface area contributed by atoms with Gasteiger partial charge in [0.05, 0.1) is 5.02 Å². The zero-order chi connectivity index (χ0) is 13.0. The number of likely N-dealkylation sites (tertiary alicyclic amines) is 1. The van der Waals surface area contributed by atoms with E-state index in [0.717, 1.165) is 18.7 Å². The molecule has 0 aromatic heterocycles. The quantitative estimate of drug-likeness (QED) is 0.905. The second-order valence-corrected chi connectivity index (χ2v) is 5.27. The average Bonchev–Trinajstić information content (AvgIpc) is 2.40. The lowest BCUT2D eigenvalue weighted by molar-refractivity contribution is 0.198. The van der Waals surface area contributed by atoms with E-state index in [0.29, 0.717) is 12.6 Å². The van der Waals surface area contributed by atoms with Crippen LogP contribution < -0.4 is 5.32 Å². The van der Waals surface area contributed by atoms with Crippen LogP contribution in [-0.2, 0) is 6.54 Å². The van der Waals surface area contributed by atoms with Crippen LogP contribution in [0.3, 0.4) is 0 Å². The minimum Gasteiger partial charge on any atom is -0.309 e. The van der Waals surface area contributed by atoms with Crippen LogP contribution in [0, 0.1) is 5.82 Å². The molecule has 1 aliphatic heterocycles. The molecule has 0 bridgehead atoms. The highest BCUT2D eigenvalue weighted by Gasteiger charge is 2.17. The van der Waals surface area contributed by atoms with Crippen molar-refractivity contribution in [2.24, 2.45) is 0 Å². The number of nitrogens with zero attached hydrogens (tertiary/aromatic N) is 1. The molecule has 2 rings (SSSR count). The summed E-state index contributed by atoms with van der Waals surface area (Å²) in [5.74, 6) is -0.338. The van der Waals surface area contributed by atoms with E-state index >= 15 is 0 Å². The van der Waals surface area contributed by atoms with Crippen molar-refractivity contribution >= 4 is 11.6 Å². The number of hydrogen-bond donors (Lipinski definition) is 1. The van der Waals surface area contributed by atoms with Crippen molar-refractivity contribution in [2.75, 3.05) is 19.6 Å². The van der Waals surface area contributed by atoms with Crippen LogP contribution in [0.4, 0.5) is 4.39 Å². The van der Waals surface area contributed by atoms with Crippen LogP contribution in [0.25, 0.3) is 0 Å². The number of nitrogens with one attached hydrogen (secondary N) is 1. The van der Waals surface area contributed by atoms with Crippen LogP contribution >= 0.6 is 11.6 Å². The van der Waals surface area contributed by atoms with E-state index in [1.54, 1.807) is 6.07 Å². The molecule has 1 aliphatic rings. The summed E-state index contributed by atoms with van der Waals surface area (Å²) < 4.78 is 13.3. The number of hydrogen-bond acceptors (Lipinski definition) is 2. The Morgan fingerprint density at radius 2 is 2.33 bits per heavy atom. The molecule has 0 saturated carbocycles. The van der Waals surface area contributed by atoms with Gasteiger partial charge in [-0.15, -0.1) is 0 Å². The first-order valence-electron chi connectivity index (χ1n) is 6.58. The molecule has 1 heterocycles. The summed E-state index contributed by atoms with van der Waals surface area (Å²) in [6, 6.07) is 5.51. The topological polar surface area (TPSA) is 15.3 Å². The summed E-state index contributed by atoms with van der Waals surface area (Å²) >= 11 is 5.67. The summed E-state index contributed by atoms with van der Waals surface area (Å²) in [6.07, 6.45) is 2.44. The normalized spacial score (nSPS) is 21.2. The molecule has 0 aliphatic carbocycles. The van der Waals surface area contributed by atoms with Crippen LogP contribution in [-0.4, -0.2) is 30.6 Å². The third-order valence-electron chi connectivity index (χ3n) is 3.53. The molecule has 0 amide bonds. The van der Waals surface area contributed by atoms with E-state index in [-0.39, 0.29) is 10.8 Å². The fourth-order valence-electron chi connectivity index (χ4n) is 2.42. The molecule has 4 heteroatoms. The van der Waals surface area contributed by atoms with Gasteiger partial charge in [0, 0.05) is 19.1 Å². The van der Waals surface area contributed by atoms with Gasteiger partial charge in [-0.2, -0.15) is 0 Å². The first kappa shape index (κ1) is 13.8. The molecule has 0 spiro atoms. The molecule has 1 N–H and O–H groups in total. The van der Waals surface area contributed by atoms with Crippen molar-refractivity contribution in [3.05, 3.63) is 34.6 Å². The smallest absolute Gasteiger partial charge is 0.142 e. The van der Waals surface area contributed by atoms with E-state index < -0.39 is 0 Å². The van der Waals surface area contributed by atoms with E-state index in [1.165, 1.54) is 25.5 Å². The molecule has 100 valence electrons. The maximum Gasteiger partial charge on any atom is 0.142 e. The number of piperidine rings is 1. The molecule has 18 heavy (non-hydrogen) atoms. The third-order valence-corrected chi connectivity index (χ3v) is 3.84. The van der Waals surface area contributed by atoms with Gasteiger partial charge in [0.1, 0.15) is 5.82 Å². The Kier molecular flexibility index (Phi) is 4.98. The maximum absolute atomic E-state index is 13.3. The largest absolute Gasteiger partial charge is 0.309 e. The standard InChI is InChI=1S/C14H20ClFN2/c1-2-18-7-3-4-12(10-18)17-9-11-5-6-13(15)14(16)8-11/h5-6,8,12,17H,2-4,7,9-10H2,1H3. The summed E-state index contributed by atoms with van der Waals surface area (Å²) in [7, 11) is 0. The van der Waals surface area contributed by atoms with E-state index in [1.807, 2.05) is 6.07 Å². The summed E-state index contributed by atoms with van der Waals surface area (Å²) in [6.45, 7) is 6.29. The molecule has 2 nitrogen and oxygen atoms in total. The number of benzene rings is 1. The minimum absolute atomic E-state index is 0.188. The maximum atomic E-state index is 13.3. The predicted octanol–water partition coefficient (Wildman–Crippen LogP) is 3.05. The van der Waals surface area contributed by atoms with Gasteiger partial charge in [0.2, 0.25) is 0 Å². The lowest BCUT2D eigenvalue weighted by atomic mass is 10.1. The van der Waals surface area contributed by atoms with Gasteiger partial charge in [-0.1, -0.05) is 24.6 Å². The van der Waals surface area contributed by atoms with Crippen LogP contribution in [0.5, 0.6) is 0 Å². The molecule has 1 atom stereocenters. The Hall–Kier alpha value is -0.640. The van der Waals surface area contributed by atoms with Gasteiger partial charge in [-0.3, -0.25) is 0 Å². The van der Waals surface area contributed by atoms with Gasteiger partial charge in [0.25, 0.3) is 0 Å². The molecular weight excluding hydrogens is 251 g/mol. The van der Waals surface area contributed by atoms with Crippen LogP contribution in [0.2, 0.25) is 5.02 Å². The third kappa shape index (κ3) is 3.67. The van der Waals surface area contributed by atoms with Crippen LogP contribution in [0.1, 0.15) is 25.3 Å². The van der Waals surface area contributed by atoms with Crippen molar-refractivity contribution in [3.63, 3.8) is 0 Å². The highest BCUT2D eigenvalue weighted by molar-refractivity contribution is 6.30. The number of halogens is 2. The van der Waals surface area contributed by atoms with Crippen molar-refractivity contribution in [2.45, 2.75) is 32.4 Å². The SMILES string of the molecule is CCN1CCCC(NCc2ccc(Cl)c(F)c2)C1. The Balaban J connectivity index is 1.85. The van der Waals surface area contributed by atoms with E-state index in [4.69, 9.17) is 11.6 Å². The lowest BCUT2D eigenvalue weighted by Crippen LogP contribution is -2.45. The van der Waals surface area contributed by atoms with E-state index in [9.17, 15) is 4.39 Å². The van der Waals surface area contributed by atoms with Gasteiger partial charge >= 0.3 is 0 Å². The van der Waals surface area contributed by atoms with Crippen LogP contribution in [0.15, 0.2) is 18.2 Å². The average molecular weight is 271 g/mol. The fourth-order valence-corrected chi connectivity index (χ4v) is 2.54. The van der Waals surface area contributed by atoms with Crippen molar-refractivity contribution in [1.29, 1.82) is 0 Å². The predicted molar refractivity (Wildman–Crippen MR) is 73.4 cm³/mol. The summed E-state index contributed by atoms with van der Waals surface area (Å²) in [5, 5.41) is 3.69. The zero-order valence-electron chi connectivity index (χ0n) is 10.8. The van der Waals surface area contributed by atoms with Crippen molar-refractivity contribution < 1.29 is 4.39 Å². The Morgan fingerprint density at radius 3 is 3.06 bits per heavy atom. The highest BCUT2D eigenvalue weighted by atomic mass is 35.5. The van der Waals surface area contributed by atoms with Crippen molar-refractivity contribution in [1.82, 2.24) is 10.2 Å². The summed E-state index contributed by atoms with van der Waals surface area (Å²) in [4.78, 5) is 2.45. The molecule has 1 fully saturated rings. The number of rotatable bonds is 4. The Labute approximate surface area is 113 Å². The molecule has 1 aromatic rings. The number of likely N-dealkylation sites (N-methyl/N-ethyl adjacent to an activating group) is 1. The molecule has 1 saturated heterocycles. The molecule has 1 aromatic carbocycles. The van der Waals surface area contributed by atoms with Gasteiger partial charge < -0.3 is 10.2 Å². The Morgan fingerprint density at radius 1 is 1.50 bits per heavy atom.